The number of hydrogen-bond donors (Lipinski definition) is 0. The van der Waals surface area contributed by atoms with Gasteiger partial charge in [-0.15, -0.1) is 0 Å². The molecule has 0 aliphatic heterocycles. The SMILES string of the molecule is CCOc1ccccc1-c1noc(CC#N)n1. The van der Waals surface area contributed by atoms with E-state index in [0.717, 1.165) is 5.56 Å². The number of nitrogens with zero attached hydrogens (tertiary/aromatic N) is 3. The summed E-state index contributed by atoms with van der Waals surface area (Å²) in [7, 11) is 0. The zero-order chi connectivity index (χ0) is 12.1. The first-order chi connectivity index (χ1) is 8.35. The number of ether oxygens (including phenoxy) is 1. The summed E-state index contributed by atoms with van der Waals surface area (Å²) in [5.41, 5.74) is 0.766. The van der Waals surface area contributed by atoms with Crippen LogP contribution in [0.3, 0.4) is 0 Å². The third kappa shape index (κ3) is 2.42. The Morgan fingerprint density at radius 3 is 3.00 bits per heavy atom. The minimum Gasteiger partial charge on any atom is -0.493 e. The fourth-order valence-electron chi connectivity index (χ4n) is 1.44. The molecule has 0 atom stereocenters. The standard InChI is InChI=1S/C12H11N3O2/c1-2-16-10-6-4-3-5-9(10)12-14-11(7-8-13)17-15-12/h3-6H,2,7H2,1H3. The molecule has 0 amide bonds. The Kier molecular flexibility index (Phi) is 3.36. The molecule has 0 aliphatic carbocycles. The molecule has 1 heterocycles. The van der Waals surface area contributed by atoms with Crippen LogP contribution in [-0.2, 0) is 6.42 Å². The smallest absolute Gasteiger partial charge is 0.241 e. The summed E-state index contributed by atoms with van der Waals surface area (Å²) in [6, 6.07) is 9.41. The maximum atomic E-state index is 8.54. The Morgan fingerprint density at radius 2 is 2.24 bits per heavy atom. The number of rotatable bonds is 4. The second kappa shape index (κ2) is 5.12. The monoisotopic (exact) mass is 229 g/mol. The van der Waals surface area contributed by atoms with E-state index in [-0.39, 0.29) is 6.42 Å². The van der Waals surface area contributed by atoms with Crippen LogP contribution < -0.4 is 4.74 Å². The molecule has 5 nitrogen and oxygen atoms in total. The van der Waals surface area contributed by atoms with Crippen molar-refractivity contribution in [2.24, 2.45) is 0 Å². The third-order valence-electron chi connectivity index (χ3n) is 2.13. The van der Waals surface area contributed by atoms with Gasteiger partial charge < -0.3 is 9.26 Å². The fourth-order valence-corrected chi connectivity index (χ4v) is 1.44. The molecule has 0 N–H and O–H groups in total. The highest BCUT2D eigenvalue weighted by atomic mass is 16.5. The molecular formula is C12H11N3O2. The van der Waals surface area contributed by atoms with E-state index in [4.69, 9.17) is 14.5 Å². The maximum absolute atomic E-state index is 8.54. The molecule has 1 aromatic heterocycles. The van der Waals surface area contributed by atoms with Crippen LogP contribution in [-0.4, -0.2) is 16.7 Å². The van der Waals surface area contributed by atoms with Crippen molar-refractivity contribution in [2.45, 2.75) is 13.3 Å². The van der Waals surface area contributed by atoms with Gasteiger partial charge in [-0.2, -0.15) is 10.2 Å². The third-order valence-corrected chi connectivity index (χ3v) is 2.13. The van der Waals surface area contributed by atoms with E-state index in [2.05, 4.69) is 10.1 Å². The average Bonchev–Trinajstić information content (AvgIpc) is 2.79. The zero-order valence-corrected chi connectivity index (χ0v) is 9.38. The second-order valence-electron chi connectivity index (χ2n) is 3.28. The van der Waals surface area contributed by atoms with Gasteiger partial charge in [0.15, 0.2) is 0 Å². The first-order valence-electron chi connectivity index (χ1n) is 5.27. The Labute approximate surface area is 98.6 Å². The van der Waals surface area contributed by atoms with Crippen LogP contribution in [0.1, 0.15) is 12.8 Å². The largest absolute Gasteiger partial charge is 0.493 e. The van der Waals surface area contributed by atoms with Crippen molar-refractivity contribution in [1.29, 1.82) is 5.26 Å². The van der Waals surface area contributed by atoms with Gasteiger partial charge >= 0.3 is 0 Å². The predicted octanol–water partition coefficient (Wildman–Crippen LogP) is 2.20. The minimum absolute atomic E-state index is 0.115. The van der Waals surface area contributed by atoms with Crippen molar-refractivity contribution in [3.05, 3.63) is 30.2 Å². The molecule has 5 heteroatoms. The summed E-state index contributed by atoms with van der Waals surface area (Å²) in [5.74, 6) is 1.47. The van der Waals surface area contributed by atoms with E-state index < -0.39 is 0 Å². The number of hydrogen-bond acceptors (Lipinski definition) is 5. The molecule has 0 aliphatic rings. The van der Waals surface area contributed by atoms with Crippen LogP contribution in [0.15, 0.2) is 28.8 Å². The molecule has 0 saturated heterocycles. The Morgan fingerprint density at radius 1 is 1.41 bits per heavy atom. The van der Waals surface area contributed by atoms with Crippen molar-refractivity contribution >= 4 is 0 Å². The molecule has 0 unspecified atom stereocenters. The van der Waals surface area contributed by atoms with Gasteiger partial charge in [0.2, 0.25) is 11.7 Å². The first kappa shape index (κ1) is 11.1. The van der Waals surface area contributed by atoms with Crippen LogP contribution in [0.4, 0.5) is 0 Å². The predicted molar refractivity (Wildman–Crippen MR) is 60.2 cm³/mol. The first-order valence-corrected chi connectivity index (χ1v) is 5.27. The van der Waals surface area contributed by atoms with E-state index in [1.165, 1.54) is 0 Å². The number of para-hydroxylation sites is 1. The number of aromatic nitrogens is 2. The number of benzene rings is 1. The highest BCUT2D eigenvalue weighted by Crippen LogP contribution is 2.27. The zero-order valence-electron chi connectivity index (χ0n) is 9.38. The van der Waals surface area contributed by atoms with Gasteiger partial charge in [0.05, 0.1) is 18.2 Å². The van der Waals surface area contributed by atoms with E-state index in [1.54, 1.807) is 0 Å². The second-order valence-corrected chi connectivity index (χ2v) is 3.28. The maximum Gasteiger partial charge on any atom is 0.241 e. The van der Waals surface area contributed by atoms with Crippen LogP contribution in [0.25, 0.3) is 11.4 Å². The summed E-state index contributed by atoms with van der Waals surface area (Å²) in [6.45, 7) is 2.48. The van der Waals surface area contributed by atoms with Crippen LogP contribution in [0.2, 0.25) is 0 Å². The van der Waals surface area contributed by atoms with E-state index in [9.17, 15) is 0 Å². The van der Waals surface area contributed by atoms with Crippen molar-refractivity contribution in [3.63, 3.8) is 0 Å². The molecule has 0 spiro atoms. The fraction of sp³-hybridized carbons (Fsp3) is 0.250. The van der Waals surface area contributed by atoms with Crippen molar-refractivity contribution in [3.8, 4) is 23.2 Å². The van der Waals surface area contributed by atoms with Gasteiger partial charge in [0.25, 0.3) is 0 Å². The molecule has 86 valence electrons. The molecule has 1 aromatic carbocycles. The lowest BCUT2D eigenvalue weighted by atomic mass is 10.2. The van der Waals surface area contributed by atoms with Gasteiger partial charge in [0, 0.05) is 0 Å². The normalized spacial score (nSPS) is 9.88. The van der Waals surface area contributed by atoms with Crippen LogP contribution in [0.5, 0.6) is 5.75 Å². The van der Waals surface area contributed by atoms with Gasteiger partial charge in [-0.05, 0) is 19.1 Å². The summed E-state index contributed by atoms with van der Waals surface area (Å²) in [5, 5.41) is 12.4. The highest BCUT2D eigenvalue weighted by Gasteiger charge is 2.12. The number of nitriles is 1. The lowest BCUT2D eigenvalue weighted by Gasteiger charge is -2.05. The Balaban J connectivity index is 2.35. The van der Waals surface area contributed by atoms with Gasteiger partial charge in [-0.3, -0.25) is 0 Å². The lowest BCUT2D eigenvalue weighted by molar-refractivity contribution is 0.341. The van der Waals surface area contributed by atoms with E-state index in [0.29, 0.717) is 24.1 Å². The Bertz CT molecular complexity index is 543. The summed E-state index contributed by atoms with van der Waals surface area (Å²) in [6.07, 6.45) is 0.115. The molecule has 0 fully saturated rings. The molecule has 2 aromatic rings. The summed E-state index contributed by atoms with van der Waals surface area (Å²) < 4.78 is 10.4. The Hall–Kier alpha value is -2.35. The van der Waals surface area contributed by atoms with Gasteiger partial charge in [0.1, 0.15) is 12.2 Å². The van der Waals surface area contributed by atoms with E-state index in [1.807, 2.05) is 37.3 Å². The van der Waals surface area contributed by atoms with E-state index >= 15 is 0 Å². The van der Waals surface area contributed by atoms with Crippen molar-refractivity contribution in [2.75, 3.05) is 6.61 Å². The van der Waals surface area contributed by atoms with Crippen LogP contribution in [0, 0.1) is 11.3 Å². The molecule has 0 bridgehead atoms. The van der Waals surface area contributed by atoms with Gasteiger partial charge in [-0.1, -0.05) is 17.3 Å². The molecule has 17 heavy (non-hydrogen) atoms. The topological polar surface area (TPSA) is 71.9 Å². The highest BCUT2D eigenvalue weighted by molar-refractivity contribution is 5.63. The van der Waals surface area contributed by atoms with Crippen molar-refractivity contribution < 1.29 is 9.26 Å². The molecular weight excluding hydrogens is 218 g/mol. The quantitative estimate of drug-likeness (QED) is 0.803. The molecule has 0 saturated carbocycles. The molecule has 2 rings (SSSR count). The van der Waals surface area contributed by atoms with Crippen LogP contribution >= 0.6 is 0 Å². The van der Waals surface area contributed by atoms with Gasteiger partial charge in [-0.25, -0.2) is 0 Å². The minimum atomic E-state index is 0.115. The van der Waals surface area contributed by atoms with Crippen molar-refractivity contribution in [1.82, 2.24) is 10.1 Å². The summed E-state index contributed by atoms with van der Waals surface area (Å²) in [4.78, 5) is 4.13. The summed E-state index contributed by atoms with van der Waals surface area (Å²) >= 11 is 0. The lowest BCUT2D eigenvalue weighted by Crippen LogP contribution is -1.94. The average molecular weight is 229 g/mol. The molecule has 0 radical (unpaired) electrons.